The molecule has 1 unspecified atom stereocenters. The maximum Gasteiger partial charge on any atom is 0.237 e. The first-order valence-electron chi connectivity index (χ1n) is 7.32. The highest BCUT2D eigenvalue weighted by Gasteiger charge is 2.51. The van der Waals surface area contributed by atoms with Crippen molar-refractivity contribution in [3.63, 3.8) is 0 Å². The summed E-state index contributed by atoms with van der Waals surface area (Å²) in [7, 11) is 0. The summed E-state index contributed by atoms with van der Waals surface area (Å²) in [6.45, 7) is 0. The van der Waals surface area contributed by atoms with Gasteiger partial charge in [0.15, 0.2) is 0 Å². The van der Waals surface area contributed by atoms with E-state index in [2.05, 4.69) is 5.32 Å². The van der Waals surface area contributed by atoms with Gasteiger partial charge in [-0.1, -0.05) is 0 Å². The Hall–Kier alpha value is -1.10. The maximum absolute atomic E-state index is 12.1. The van der Waals surface area contributed by atoms with E-state index in [-0.39, 0.29) is 17.9 Å². The van der Waals surface area contributed by atoms with Gasteiger partial charge < -0.3 is 16.8 Å². The van der Waals surface area contributed by atoms with Crippen molar-refractivity contribution in [2.75, 3.05) is 0 Å². The molecule has 0 radical (unpaired) electrons. The molecule has 106 valence electrons. The molecule has 4 rings (SSSR count). The molecular weight excluding hydrogens is 242 g/mol. The number of hydrogen-bond donors (Lipinski definition) is 3. The van der Waals surface area contributed by atoms with E-state index in [0.29, 0.717) is 0 Å². The molecule has 4 aliphatic rings. The topological polar surface area (TPSA) is 98.2 Å². The molecule has 0 saturated heterocycles. The maximum atomic E-state index is 12.1. The molecule has 19 heavy (non-hydrogen) atoms. The van der Waals surface area contributed by atoms with Crippen molar-refractivity contribution in [1.82, 2.24) is 5.32 Å². The summed E-state index contributed by atoms with van der Waals surface area (Å²) in [5.74, 6) is 1.60. The molecule has 4 fully saturated rings. The molecule has 5 N–H and O–H groups in total. The fourth-order valence-corrected chi connectivity index (χ4v) is 4.93. The van der Waals surface area contributed by atoms with E-state index < -0.39 is 11.9 Å². The zero-order chi connectivity index (χ0) is 13.6. The second kappa shape index (κ2) is 4.47. The van der Waals surface area contributed by atoms with E-state index >= 15 is 0 Å². The van der Waals surface area contributed by atoms with Crippen LogP contribution >= 0.6 is 0 Å². The van der Waals surface area contributed by atoms with Gasteiger partial charge in [0.25, 0.3) is 0 Å². The number of carbonyl (C=O) groups is 2. The summed E-state index contributed by atoms with van der Waals surface area (Å²) in [6.07, 6.45) is 7.21. The molecule has 4 bridgehead atoms. The lowest BCUT2D eigenvalue weighted by atomic mass is 9.53. The van der Waals surface area contributed by atoms with Crippen molar-refractivity contribution in [3.05, 3.63) is 0 Å². The standard InChI is InChI=1S/C14H23N3O2/c15-11(4-12(16)18)13(19)17-14-5-8-1-9(6-14)3-10(2-8)7-14/h8-11H,1-7,15H2,(H2,16,18)(H,17,19). The van der Waals surface area contributed by atoms with Crippen molar-refractivity contribution >= 4 is 11.8 Å². The van der Waals surface area contributed by atoms with Crippen molar-refractivity contribution in [3.8, 4) is 0 Å². The fourth-order valence-electron chi connectivity index (χ4n) is 4.93. The van der Waals surface area contributed by atoms with Crippen LogP contribution in [0.4, 0.5) is 0 Å². The van der Waals surface area contributed by atoms with Crippen molar-refractivity contribution in [2.45, 2.75) is 56.5 Å². The largest absolute Gasteiger partial charge is 0.370 e. The molecular formula is C14H23N3O2. The van der Waals surface area contributed by atoms with Crippen LogP contribution < -0.4 is 16.8 Å². The van der Waals surface area contributed by atoms with Crippen molar-refractivity contribution in [2.24, 2.45) is 29.2 Å². The SMILES string of the molecule is NC(=O)CC(N)C(=O)NC12CC3CC(CC(C3)C1)C2. The van der Waals surface area contributed by atoms with Crippen LogP contribution in [0.1, 0.15) is 44.9 Å². The fraction of sp³-hybridized carbons (Fsp3) is 0.857. The monoisotopic (exact) mass is 265 g/mol. The van der Waals surface area contributed by atoms with Crippen LogP contribution in [0.5, 0.6) is 0 Å². The Morgan fingerprint density at radius 3 is 2.00 bits per heavy atom. The van der Waals surface area contributed by atoms with Gasteiger partial charge in [0.2, 0.25) is 11.8 Å². The van der Waals surface area contributed by atoms with E-state index in [0.717, 1.165) is 37.0 Å². The zero-order valence-corrected chi connectivity index (χ0v) is 11.2. The van der Waals surface area contributed by atoms with Crippen LogP contribution in [-0.2, 0) is 9.59 Å². The van der Waals surface area contributed by atoms with Gasteiger partial charge in [0, 0.05) is 5.54 Å². The highest BCUT2D eigenvalue weighted by molar-refractivity contribution is 5.88. The summed E-state index contributed by atoms with van der Waals surface area (Å²) in [6, 6.07) is -0.800. The molecule has 0 aliphatic heterocycles. The lowest BCUT2D eigenvalue weighted by molar-refractivity contribution is -0.130. The molecule has 4 aliphatic carbocycles. The third kappa shape index (κ3) is 2.48. The first-order valence-corrected chi connectivity index (χ1v) is 7.32. The van der Waals surface area contributed by atoms with Crippen LogP contribution in [0, 0.1) is 17.8 Å². The molecule has 0 aromatic carbocycles. The Morgan fingerprint density at radius 2 is 1.58 bits per heavy atom. The van der Waals surface area contributed by atoms with Crippen molar-refractivity contribution < 1.29 is 9.59 Å². The highest BCUT2D eigenvalue weighted by Crippen LogP contribution is 2.55. The summed E-state index contributed by atoms with van der Waals surface area (Å²) in [5, 5.41) is 3.16. The lowest BCUT2D eigenvalue weighted by Crippen LogP contribution is -2.62. The highest BCUT2D eigenvalue weighted by atomic mass is 16.2. The van der Waals surface area contributed by atoms with Gasteiger partial charge in [-0.15, -0.1) is 0 Å². The van der Waals surface area contributed by atoms with Gasteiger partial charge in [-0.3, -0.25) is 9.59 Å². The minimum atomic E-state index is -0.800. The molecule has 1 atom stereocenters. The number of primary amides is 1. The molecule has 0 aromatic heterocycles. The minimum Gasteiger partial charge on any atom is -0.370 e. The Kier molecular flexibility index (Phi) is 3.04. The Bertz CT molecular complexity index is 372. The molecule has 5 nitrogen and oxygen atoms in total. The second-order valence-electron chi connectivity index (χ2n) is 6.96. The van der Waals surface area contributed by atoms with Crippen LogP contribution in [-0.4, -0.2) is 23.4 Å². The average Bonchev–Trinajstić information content (AvgIpc) is 2.24. The Balaban J connectivity index is 1.66. The summed E-state index contributed by atoms with van der Waals surface area (Å²) in [5.41, 5.74) is 10.8. The van der Waals surface area contributed by atoms with Gasteiger partial charge in [0.05, 0.1) is 12.5 Å². The molecule has 4 saturated carbocycles. The number of nitrogens with two attached hydrogens (primary N) is 2. The number of carbonyl (C=O) groups excluding carboxylic acids is 2. The van der Waals surface area contributed by atoms with E-state index in [1.807, 2.05) is 0 Å². The molecule has 0 aromatic rings. The molecule has 0 spiro atoms. The van der Waals surface area contributed by atoms with Gasteiger partial charge in [0.1, 0.15) is 0 Å². The quantitative estimate of drug-likeness (QED) is 0.680. The number of amides is 2. The zero-order valence-electron chi connectivity index (χ0n) is 11.2. The first-order chi connectivity index (χ1) is 8.96. The van der Waals surface area contributed by atoms with Gasteiger partial charge in [-0.05, 0) is 56.3 Å². The van der Waals surface area contributed by atoms with Gasteiger partial charge >= 0.3 is 0 Å². The molecule has 2 amide bonds. The van der Waals surface area contributed by atoms with Crippen LogP contribution in [0.25, 0.3) is 0 Å². The second-order valence-corrected chi connectivity index (χ2v) is 6.96. The summed E-state index contributed by atoms with van der Waals surface area (Å²) < 4.78 is 0. The number of hydrogen-bond acceptors (Lipinski definition) is 3. The van der Waals surface area contributed by atoms with Gasteiger partial charge in [-0.2, -0.15) is 0 Å². The Labute approximate surface area is 113 Å². The van der Waals surface area contributed by atoms with Crippen LogP contribution in [0.3, 0.4) is 0 Å². The minimum absolute atomic E-state index is 0.0406. The van der Waals surface area contributed by atoms with Crippen molar-refractivity contribution in [1.29, 1.82) is 0 Å². The molecule has 0 heterocycles. The number of rotatable bonds is 4. The predicted molar refractivity (Wildman–Crippen MR) is 70.8 cm³/mol. The van der Waals surface area contributed by atoms with E-state index in [1.54, 1.807) is 0 Å². The normalized spacial score (nSPS) is 41.0. The third-order valence-corrected chi connectivity index (χ3v) is 5.18. The first kappa shape index (κ1) is 12.9. The van der Waals surface area contributed by atoms with Crippen LogP contribution in [0.2, 0.25) is 0 Å². The summed E-state index contributed by atoms with van der Waals surface area (Å²) in [4.78, 5) is 23.0. The molecule has 5 heteroatoms. The summed E-state index contributed by atoms with van der Waals surface area (Å²) >= 11 is 0. The van der Waals surface area contributed by atoms with E-state index in [4.69, 9.17) is 11.5 Å². The van der Waals surface area contributed by atoms with Crippen LogP contribution in [0.15, 0.2) is 0 Å². The lowest BCUT2D eigenvalue weighted by Gasteiger charge is -2.57. The Morgan fingerprint density at radius 1 is 1.11 bits per heavy atom. The predicted octanol–water partition coefficient (Wildman–Crippen LogP) is 0.274. The van der Waals surface area contributed by atoms with E-state index in [9.17, 15) is 9.59 Å². The average molecular weight is 265 g/mol. The van der Waals surface area contributed by atoms with Gasteiger partial charge in [-0.25, -0.2) is 0 Å². The smallest absolute Gasteiger partial charge is 0.237 e. The third-order valence-electron chi connectivity index (χ3n) is 5.18. The van der Waals surface area contributed by atoms with E-state index in [1.165, 1.54) is 19.3 Å². The number of nitrogens with one attached hydrogen (secondary N) is 1.